The normalized spacial score (nSPS) is 10.3. The van der Waals surface area contributed by atoms with Crippen LogP contribution < -0.4 is 0 Å². The molecule has 0 heterocycles. The molecule has 5 nitrogen and oxygen atoms in total. The minimum atomic E-state index is -1.06. The molecule has 1 aromatic carbocycles. The molecule has 0 aliphatic rings. The summed E-state index contributed by atoms with van der Waals surface area (Å²) in [5.74, 6) is -2.75. The summed E-state index contributed by atoms with van der Waals surface area (Å²) < 4.78 is 0. The number of aromatic hydroxyl groups is 1. The standard InChI is InChI=1S/C11H12O5/c12-9-3-1-2-7(4-9)8(5-10(13)14)6-11(15)16/h1-4,8,12H,5-6H2,(H,13,14)(H,15,16). The van der Waals surface area contributed by atoms with E-state index in [2.05, 4.69) is 0 Å². The zero-order valence-corrected chi connectivity index (χ0v) is 8.46. The Bertz CT molecular complexity index is 383. The predicted molar refractivity (Wildman–Crippen MR) is 55.4 cm³/mol. The highest BCUT2D eigenvalue weighted by molar-refractivity contribution is 5.72. The molecule has 0 amide bonds. The smallest absolute Gasteiger partial charge is 0.303 e. The van der Waals surface area contributed by atoms with Crippen LogP contribution in [0.25, 0.3) is 0 Å². The van der Waals surface area contributed by atoms with Gasteiger partial charge in [-0.1, -0.05) is 12.1 Å². The van der Waals surface area contributed by atoms with Crippen LogP contribution in [0.2, 0.25) is 0 Å². The molecule has 0 aromatic heterocycles. The Labute approximate surface area is 92.0 Å². The Balaban J connectivity index is 2.90. The van der Waals surface area contributed by atoms with Crippen LogP contribution in [0.5, 0.6) is 5.75 Å². The van der Waals surface area contributed by atoms with Crippen LogP contribution >= 0.6 is 0 Å². The lowest BCUT2D eigenvalue weighted by molar-refractivity contribution is -0.139. The monoisotopic (exact) mass is 224 g/mol. The van der Waals surface area contributed by atoms with Crippen molar-refractivity contribution in [3.63, 3.8) is 0 Å². The second-order valence-electron chi connectivity index (χ2n) is 3.49. The Kier molecular flexibility index (Phi) is 3.88. The first kappa shape index (κ1) is 12.0. The fourth-order valence-electron chi connectivity index (χ4n) is 1.51. The van der Waals surface area contributed by atoms with Crippen molar-refractivity contribution in [1.29, 1.82) is 0 Å². The van der Waals surface area contributed by atoms with Crippen molar-refractivity contribution in [3.05, 3.63) is 29.8 Å². The van der Waals surface area contributed by atoms with Crippen molar-refractivity contribution in [1.82, 2.24) is 0 Å². The topological polar surface area (TPSA) is 94.8 Å². The van der Waals surface area contributed by atoms with E-state index in [4.69, 9.17) is 10.2 Å². The summed E-state index contributed by atoms with van der Waals surface area (Å²) in [5.41, 5.74) is 0.518. The summed E-state index contributed by atoms with van der Waals surface area (Å²) in [5, 5.41) is 26.6. The van der Waals surface area contributed by atoms with Gasteiger partial charge in [-0.3, -0.25) is 9.59 Å². The first-order valence-electron chi connectivity index (χ1n) is 4.71. The van der Waals surface area contributed by atoms with E-state index in [-0.39, 0.29) is 18.6 Å². The van der Waals surface area contributed by atoms with Crippen LogP contribution in [-0.2, 0) is 9.59 Å². The molecule has 3 N–H and O–H groups in total. The molecule has 5 heteroatoms. The second-order valence-corrected chi connectivity index (χ2v) is 3.49. The van der Waals surface area contributed by atoms with Crippen molar-refractivity contribution in [2.75, 3.05) is 0 Å². The number of benzene rings is 1. The van der Waals surface area contributed by atoms with Crippen LogP contribution in [0.4, 0.5) is 0 Å². The fraction of sp³-hybridized carbons (Fsp3) is 0.273. The van der Waals surface area contributed by atoms with Gasteiger partial charge in [0, 0.05) is 5.92 Å². The van der Waals surface area contributed by atoms with Gasteiger partial charge in [0.15, 0.2) is 0 Å². The molecular formula is C11H12O5. The van der Waals surface area contributed by atoms with Gasteiger partial charge < -0.3 is 15.3 Å². The van der Waals surface area contributed by atoms with E-state index < -0.39 is 17.9 Å². The molecule has 0 saturated carbocycles. The van der Waals surface area contributed by atoms with Crippen molar-refractivity contribution in [2.45, 2.75) is 18.8 Å². The number of carbonyl (C=O) groups is 2. The summed E-state index contributed by atoms with van der Waals surface area (Å²) in [7, 11) is 0. The Hall–Kier alpha value is -2.04. The average molecular weight is 224 g/mol. The molecule has 1 rings (SSSR count). The van der Waals surface area contributed by atoms with Crippen LogP contribution in [0.1, 0.15) is 24.3 Å². The van der Waals surface area contributed by atoms with Crippen LogP contribution in [0.15, 0.2) is 24.3 Å². The van der Waals surface area contributed by atoms with Crippen molar-refractivity contribution >= 4 is 11.9 Å². The second kappa shape index (κ2) is 5.16. The van der Waals surface area contributed by atoms with Gasteiger partial charge in [0.25, 0.3) is 0 Å². The molecule has 0 spiro atoms. The SMILES string of the molecule is O=C(O)CC(CC(=O)O)c1cccc(O)c1. The molecule has 1 aromatic rings. The highest BCUT2D eigenvalue weighted by atomic mass is 16.4. The summed E-state index contributed by atoms with van der Waals surface area (Å²) in [6.45, 7) is 0. The van der Waals surface area contributed by atoms with Gasteiger partial charge in [0.2, 0.25) is 0 Å². The number of hydrogen-bond acceptors (Lipinski definition) is 3. The summed E-state index contributed by atoms with van der Waals surface area (Å²) in [6.07, 6.45) is -0.536. The fourth-order valence-corrected chi connectivity index (χ4v) is 1.51. The maximum absolute atomic E-state index is 10.6. The molecule has 0 fully saturated rings. The number of carboxylic acids is 2. The molecule has 0 atom stereocenters. The van der Waals surface area contributed by atoms with Crippen molar-refractivity contribution in [2.24, 2.45) is 0 Å². The van der Waals surface area contributed by atoms with E-state index in [9.17, 15) is 14.7 Å². The Morgan fingerprint density at radius 3 is 2.12 bits per heavy atom. The zero-order chi connectivity index (χ0) is 12.1. The van der Waals surface area contributed by atoms with Crippen LogP contribution in [-0.4, -0.2) is 27.3 Å². The van der Waals surface area contributed by atoms with Crippen LogP contribution in [0.3, 0.4) is 0 Å². The predicted octanol–water partition coefficient (Wildman–Crippen LogP) is 1.43. The zero-order valence-electron chi connectivity index (χ0n) is 8.46. The molecule has 0 bridgehead atoms. The van der Waals surface area contributed by atoms with Gasteiger partial charge in [-0.2, -0.15) is 0 Å². The minimum absolute atomic E-state index is 0.00159. The number of hydrogen-bond donors (Lipinski definition) is 3. The summed E-state index contributed by atoms with van der Waals surface area (Å²) in [6, 6.07) is 6.00. The largest absolute Gasteiger partial charge is 0.508 e. The van der Waals surface area contributed by atoms with Crippen LogP contribution in [0, 0.1) is 0 Å². The van der Waals surface area contributed by atoms with E-state index in [1.54, 1.807) is 12.1 Å². The van der Waals surface area contributed by atoms with E-state index in [0.717, 1.165) is 0 Å². The highest BCUT2D eigenvalue weighted by Gasteiger charge is 2.19. The Morgan fingerprint density at radius 2 is 1.69 bits per heavy atom. The maximum atomic E-state index is 10.6. The van der Waals surface area contributed by atoms with Gasteiger partial charge in [-0.15, -0.1) is 0 Å². The van der Waals surface area contributed by atoms with Gasteiger partial charge in [-0.25, -0.2) is 0 Å². The highest BCUT2D eigenvalue weighted by Crippen LogP contribution is 2.26. The molecule has 0 unspecified atom stereocenters. The molecule has 0 aliphatic heterocycles. The molecule has 16 heavy (non-hydrogen) atoms. The third-order valence-corrected chi connectivity index (χ3v) is 2.18. The molecule has 0 saturated heterocycles. The lowest BCUT2D eigenvalue weighted by atomic mass is 9.92. The van der Waals surface area contributed by atoms with Gasteiger partial charge >= 0.3 is 11.9 Å². The summed E-state index contributed by atoms with van der Waals surface area (Å²) in [4.78, 5) is 21.2. The third kappa shape index (κ3) is 3.61. The lowest BCUT2D eigenvalue weighted by Gasteiger charge is -2.12. The van der Waals surface area contributed by atoms with Gasteiger partial charge in [-0.05, 0) is 17.7 Å². The molecule has 0 radical (unpaired) electrons. The van der Waals surface area contributed by atoms with Gasteiger partial charge in [0.05, 0.1) is 12.8 Å². The first-order chi connectivity index (χ1) is 7.49. The van der Waals surface area contributed by atoms with E-state index >= 15 is 0 Å². The molecular weight excluding hydrogens is 212 g/mol. The van der Waals surface area contributed by atoms with E-state index in [1.165, 1.54) is 12.1 Å². The van der Waals surface area contributed by atoms with E-state index in [1.807, 2.05) is 0 Å². The minimum Gasteiger partial charge on any atom is -0.508 e. The van der Waals surface area contributed by atoms with E-state index in [0.29, 0.717) is 5.56 Å². The number of aliphatic carboxylic acids is 2. The number of rotatable bonds is 5. The third-order valence-electron chi connectivity index (χ3n) is 2.18. The molecule has 86 valence electrons. The number of phenols is 1. The quantitative estimate of drug-likeness (QED) is 0.703. The maximum Gasteiger partial charge on any atom is 0.303 e. The number of phenolic OH excluding ortho intramolecular Hbond substituents is 1. The van der Waals surface area contributed by atoms with Crippen molar-refractivity contribution < 1.29 is 24.9 Å². The Morgan fingerprint density at radius 1 is 1.12 bits per heavy atom. The molecule has 0 aliphatic carbocycles. The van der Waals surface area contributed by atoms with Crippen molar-refractivity contribution in [3.8, 4) is 5.75 Å². The van der Waals surface area contributed by atoms with Gasteiger partial charge in [0.1, 0.15) is 5.75 Å². The number of carboxylic acid groups (broad SMARTS) is 2. The first-order valence-corrected chi connectivity index (χ1v) is 4.71. The lowest BCUT2D eigenvalue weighted by Crippen LogP contribution is -2.11. The average Bonchev–Trinajstić information content (AvgIpc) is 2.15. The summed E-state index contributed by atoms with van der Waals surface area (Å²) >= 11 is 0.